The first-order valence-electron chi connectivity index (χ1n) is 4.76. The molecule has 0 aliphatic heterocycles. The van der Waals surface area contributed by atoms with E-state index < -0.39 is 0 Å². The molecule has 2 rings (SSSR count). The van der Waals surface area contributed by atoms with Crippen molar-refractivity contribution < 1.29 is 4.79 Å². The lowest BCUT2D eigenvalue weighted by Crippen LogP contribution is -2.20. The fraction of sp³-hybridized carbons (Fsp3) is 0.364. The van der Waals surface area contributed by atoms with Crippen molar-refractivity contribution in [2.75, 3.05) is 0 Å². The second-order valence-corrected chi connectivity index (χ2v) is 5.29. The molecule has 0 N–H and O–H groups in total. The maximum absolute atomic E-state index is 12.1. The number of hydrogen-bond acceptors (Lipinski definition) is 4. The monoisotopic (exact) mass is 220 g/mol. The van der Waals surface area contributed by atoms with Crippen LogP contribution in [0.5, 0.6) is 0 Å². The second-order valence-electron chi connectivity index (χ2n) is 4.50. The lowest BCUT2D eigenvalue weighted by molar-refractivity contribution is 0.0860. The Kier molecular flexibility index (Phi) is 2.31. The summed E-state index contributed by atoms with van der Waals surface area (Å²) >= 11 is 1.32. The smallest absolute Gasteiger partial charge is 0.170 e. The molecule has 0 saturated heterocycles. The number of carbonyl (C=O) groups excluding carboxylic acids is 1. The Morgan fingerprint density at radius 1 is 1.33 bits per heavy atom. The molecule has 4 heteroatoms. The zero-order valence-electron chi connectivity index (χ0n) is 8.94. The van der Waals surface area contributed by atoms with Crippen LogP contribution >= 0.6 is 11.5 Å². The Labute approximate surface area is 92.3 Å². The molecule has 0 aliphatic rings. The minimum Gasteiger partial charge on any atom is -0.294 e. The van der Waals surface area contributed by atoms with Gasteiger partial charge in [0.05, 0.1) is 4.70 Å². The van der Waals surface area contributed by atoms with E-state index in [1.165, 1.54) is 11.5 Å². The molecule has 0 bridgehead atoms. The number of carbonyl (C=O) groups is 1. The van der Waals surface area contributed by atoms with Crippen molar-refractivity contribution >= 4 is 27.5 Å². The Morgan fingerprint density at radius 2 is 2.07 bits per heavy atom. The van der Waals surface area contributed by atoms with Crippen LogP contribution in [0.1, 0.15) is 31.1 Å². The number of rotatable bonds is 1. The lowest BCUT2D eigenvalue weighted by Gasteiger charge is -2.16. The minimum absolute atomic E-state index is 0.112. The summed E-state index contributed by atoms with van der Waals surface area (Å²) in [6, 6.07) is 5.62. The van der Waals surface area contributed by atoms with Gasteiger partial charge in [0.15, 0.2) is 5.78 Å². The minimum atomic E-state index is -0.377. The van der Waals surface area contributed by atoms with Gasteiger partial charge in [-0.3, -0.25) is 4.79 Å². The van der Waals surface area contributed by atoms with Crippen molar-refractivity contribution in [1.82, 2.24) is 9.59 Å². The fourth-order valence-electron chi connectivity index (χ4n) is 1.39. The second kappa shape index (κ2) is 3.38. The summed E-state index contributed by atoms with van der Waals surface area (Å²) in [4.78, 5) is 12.1. The third-order valence-electron chi connectivity index (χ3n) is 2.20. The van der Waals surface area contributed by atoms with Gasteiger partial charge in [0.25, 0.3) is 0 Å². The first kappa shape index (κ1) is 10.2. The van der Waals surface area contributed by atoms with Gasteiger partial charge < -0.3 is 0 Å². The van der Waals surface area contributed by atoms with Crippen LogP contribution in [0.15, 0.2) is 18.2 Å². The van der Waals surface area contributed by atoms with Crippen LogP contribution in [0.25, 0.3) is 10.2 Å². The lowest BCUT2D eigenvalue weighted by atomic mass is 9.86. The van der Waals surface area contributed by atoms with Gasteiger partial charge in [0.1, 0.15) is 5.52 Å². The van der Waals surface area contributed by atoms with Crippen molar-refractivity contribution in [3.05, 3.63) is 23.8 Å². The van der Waals surface area contributed by atoms with Gasteiger partial charge in [-0.05, 0) is 23.7 Å². The van der Waals surface area contributed by atoms with E-state index >= 15 is 0 Å². The van der Waals surface area contributed by atoms with Crippen molar-refractivity contribution in [3.8, 4) is 0 Å². The van der Waals surface area contributed by atoms with Gasteiger partial charge in [-0.2, -0.15) is 0 Å². The van der Waals surface area contributed by atoms with Crippen LogP contribution in [-0.2, 0) is 0 Å². The molecular weight excluding hydrogens is 208 g/mol. The van der Waals surface area contributed by atoms with Crippen LogP contribution in [-0.4, -0.2) is 15.4 Å². The molecule has 2 aromatic rings. The van der Waals surface area contributed by atoms with E-state index in [0.29, 0.717) is 5.56 Å². The molecule has 1 aromatic heterocycles. The van der Waals surface area contributed by atoms with Crippen molar-refractivity contribution in [2.24, 2.45) is 5.41 Å². The van der Waals surface area contributed by atoms with Crippen LogP contribution in [0.3, 0.4) is 0 Å². The van der Waals surface area contributed by atoms with E-state index in [-0.39, 0.29) is 11.2 Å². The molecule has 78 valence electrons. The van der Waals surface area contributed by atoms with E-state index in [9.17, 15) is 4.79 Å². The van der Waals surface area contributed by atoms with Gasteiger partial charge in [0.2, 0.25) is 0 Å². The third-order valence-corrected chi connectivity index (χ3v) is 2.89. The van der Waals surface area contributed by atoms with Gasteiger partial charge in [-0.1, -0.05) is 31.3 Å². The predicted molar refractivity (Wildman–Crippen MR) is 61.2 cm³/mol. The van der Waals surface area contributed by atoms with E-state index in [0.717, 1.165) is 10.2 Å². The van der Waals surface area contributed by atoms with Gasteiger partial charge in [-0.25, -0.2) is 0 Å². The molecular formula is C11H12N2OS. The Morgan fingerprint density at radius 3 is 2.73 bits per heavy atom. The van der Waals surface area contributed by atoms with Crippen LogP contribution < -0.4 is 0 Å². The quantitative estimate of drug-likeness (QED) is 0.694. The number of Topliss-reactive ketones (excluding diaryl/α,β-unsaturated/α-hetero) is 1. The number of benzene rings is 1. The zero-order chi connectivity index (χ0) is 11.1. The van der Waals surface area contributed by atoms with Gasteiger partial charge in [-0.15, -0.1) is 5.10 Å². The SMILES string of the molecule is CC(C)(C)C(=O)c1cccc2snnc12. The molecule has 0 fully saturated rings. The van der Waals surface area contributed by atoms with Crippen molar-refractivity contribution in [3.63, 3.8) is 0 Å². The summed E-state index contributed by atoms with van der Waals surface area (Å²) < 4.78 is 4.83. The standard InChI is InChI=1S/C11H12N2OS/c1-11(2,3)10(14)7-5-4-6-8-9(7)12-13-15-8/h4-6H,1-3H3. The summed E-state index contributed by atoms with van der Waals surface area (Å²) in [5, 5.41) is 4.00. The summed E-state index contributed by atoms with van der Waals surface area (Å²) in [7, 11) is 0. The van der Waals surface area contributed by atoms with E-state index in [4.69, 9.17) is 0 Å². The van der Waals surface area contributed by atoms with Gasteiger partial charge >= 0.3 is 0 Å². The van der Waals surface area contributed by atoms with E-state index in [2.05, 4.69) is 9.59 Å². The highest BCUT2D eigenvalue weighted by atomic mass is 32.1. The number of fused-ring (bicyclic) bond motifs is 1. The Bertz CT molecular complexity index is 511. The predicted octanol–water partition coefficient (Wildman–Crippen LogP) is 2.92. The molecule has 3 nitrogen and oxygen atoms in total. The highest BCUT2D eigenvalue weighted by molar-refractivity contribution is 7.13. The number of hydrogen-bond donors (Lipinski definition) is 0. The Balaban J connectivity index is 2.62. The normalized spacial score (nSPS) is 11.9. The van der Waals surface area contributed by atoms with E-state index in [1.807, 2.05) is 39.0 Å². The molecule has 0 radical (unpaired) electrons. The summed E-state index contributed by atoms with van der Waals surface area (Å²) in [6.07, 6.45) is 0. The first-order valence-corrected chi connectivity index (χ1v) is 5.53. The molecule has 0 saturated carbocycles. The van der Waals surface area contributed by atoms with E-state index in [1.54, 1.807) is 0 Å². The number of aromatic nitrogens is 2. The van der Waals surface area contributed by atoms with Crippen LogP contribution in [0, 0.1) is 5.41 Å². The largest absolute Gasteiger partial charge is 0.294 e. The number of nitrogens with zero attached hydrogens (tertiary/aromatic N) is 2. The molecule has 1 aromatic carbocycles. The highest BCUT2D eigenvalue weighted by Gasteiger charge is 2.25. The fourth-order valence-corrected chi connectivity index (χ4v) is 1.98. The summed E-state index contributed by atoms with van der Waals surface area (Å²) in [5.74, 6) is 0.112. The molecule has 0 spiro atoms. The molecule has 0 unspecified atom stereocenters. The maximum atomic E-state index is 12.1. The van der Waals surface area contributed by atoms with Crippen LogP contribution in [0.4, 0.5) is 0 Å². The highest BCUT2D eigenvalue weighted by Crippen LogP contribution is 2.26. The van der Waals surface area contributed by atoms with Crippen molar-refractivity contribution in [2.45, 2.75) is 20.8 Å². The average Bonchev–Trinajstić information content (AvgIpc) is 2.62. The first-order chi connectivity index (χ1) is 7.00. The topological polar surface area (TPSA) is 42.9 Å². The summed E-state index contributed by atoms with van der Waals surface area (Å²) in [5.41, 5.74) is 1.02. The zero-order valence-corrected chi connectivity index (χ0v) is 9.76. The van der Waals surface area contributed by atoms with Crippen molar-refractivity contribution in [1.29, 1.82) is 0 Å². The molecule has 15 heavy (non-hydrogen) atoms. The Hall–Kier alpha value is -1.29. The average molecular weight is 220 g/mol. The van der Waals surface area contributed by atoms with Gasteiger partial charge in [0, 0.05) is 11.0 Å². The number of ketones is 1. The molecule has 1 heterocycles. The molecule has 0 aliphatic carbocycles. The van der Waals surface area contributed by atoms with Crippen LogP contribution in [0.2, 0.25) is 0 Å². The third kappa shape index (κ3) is 1.77. The maximum Gasteiger partial charge on any atom is 0.170 e. The summed E-state index contributed by atoms with van der Waals surface area (Å²) in [6.45, 7) is 5.73. The molecule has 0 amide bonds. The molecule has 0 atom stereocenters.